The monoisotopic (exact) mass is 196 g/mol. The summed E-state index contributed by atoms with van der Waals surface area (Å²) in [7, 11) is 0. The van der Waals surface area contributed by atoms with Crippen LogP contribution in [0.3, 0.4) is 0 Å². The van der Waals surface area contributed by atoms with Crippen molar-refractivity contribution in [1.82, 2.24) is 0 Å². The highest BCUT2D eigenvalue weighted by atomic mass is 35.5. The molecule has 0 saturated carbocycles. The van der Waals surface area contributed by atoms with Crippen LogP contribution in [-0.4, -0.2) is 0 Å². The van der Waals surface area contributed by atoms with Crippen LogP contribution in [0.5, 0.6) is 0 Å². The molecule has 0 aliphatic heterocycles. The maximum absolute atomic E-state index is 5.71. The average Bonchev–Trinajstić information content (AvgIpc) is 2.19. The standard InChI is InChI=1S/C12H17Cl/c1-2-3-4-5-11-6-8-12(10-13)9-7-11/h6-9H,2-5,10H2,1H3. The van der Waals surface area contributed by atoms with Gasteiger partial charge in [0.15, 0.2) is 0 Å². The lowest BCUT2D eigenvalue weighted by Crippen LogP contribution is -1.86. The Morgan fingerprint density at radius 3 is 2.15 bits per heavy atom. The van der Waals surface area contributed by atoms with Gasteiger partial charge in [-0.2, -0.15) is 0 Å². The van der Waals surface area contributed by atoms with E-state index in [4.69, 9.17) is 11.6 Å². The summed E-state index contributed by atoms with van der Waals surface area (Å²) in [4.78, 5) is 0. The lowest BCUT2D eigenvalue weighted by Gasteiger charge is -2.01. The first-order valence-electron chi connectivity index (χ1n) is 5.00. The summed E-state index contributed by atoms with van der Waals surface area (Å²) < 4.78 is 0. The molecule has 1 aromatic carbocycles. The molecule has 0 heterocycles. The average molecular weight is 197 g/mol. The number of rotatable bonds is 5. The van der Waals surface area contributed by atoms with E-state index in [1.165, 1.54) is 36.8 Å². The molecule has 0 N–H and O–H groups in total. The molecule has 0 aliphatic carbocycles. The number of hydrogen-bond acceptors (Lipinski definition) is 0. The van der Waals surface area contributed by atoms with Crippen molar-refractivity contribution in [2.24, 2.45) is 0 Å². The van der Waals surface area contributed by atoms with Crippen molar-refractivity contribution in [1.29, 1.82) is 0 Å². The molecule has 13 heavy (non-hydrogen) atoms. The van der Waals surface area contributed by atoms with Crippen LogP contribution in [0.2, 0.25) is 0 Å². The maximum atomic E-state index is 5.71. The number of halogens is 1. The third kappa shape index (κ3) is 3.82. The van der Waals surface area contributed by atoms with Crippen LogP contribution in [0.15, 0.2) is 24.3 Å². The zero-order valence-electron chi connectivity index (χ0n) is 8.22. The van der Waals surface area contributed by atoms with Crippen LogP contribution >= 0.6 is 11.6 Å². The Morgan fingerprint density at radius 1 is 1.00 bits per heavy atom. The zero-order valence-corrected chi connectivity index (χ0v) is 8.98. The Bertz CT molecular complexity index is 225. The fraction of sp³-hybridized carbons (Fsp3) is 0.500. The van der Waals surface area contributed by atoms with Crippen molar-refractivity contribution in [2.75, 3.05) is 0 Å². The molecule has 0 bridgehead atoms. The maximum Gasteiger partial charge on any atom is 0.0474 e. The highest BCUT2D eigenvalue weighted by Gasteiger charge is 1.93. The number of benzene rings is 1. The molecule has 0 aliphatic rings. The van der Waals surface area contributed by atoms with E-state index in [2.05, 4.69) is 31.2 Å². The van der Waals surface area contributed by atoms with Gasteiger partial charge in [-0.05, 0) is 24.0 Å². The summed E-state index contributed by atoms with van der Waals surface area (Å²) in [5.41, 5.74) is 2.64. The largest absolute Gasteiger partial charge is 0.122 e. The fourth-order valence-corrected chi connectivity index (χ4v) is 1.55. The van der Waals surface area contributed by atoms with Gasteiger partial charge in [0.25, 0.3) is 0 Å². The van der Waals surface area contributed by atoms with Crippen molar-refractivity contribution >= 4 is 11.6 Å². The van der Waals surface area contributed by atoms with E-state index in [0.717, 1.165) is 0 Å². The van der Waals surface area contributed by atoms with Crippen LogP contribution in [0.4, 0.5) is 0 Å². The fourth-order valence-electron chi connectivity index (χ4n) is 1.37. The molecule has 0 fully saturated rings. The Balaban J connectivity index is 2.40. The van der Waals surface area contributed by atoms with Gasteiger partial charge in [0, 0.05) is 5.88 Å². The molecule has 0 aromatic heterocycles. The minimum atomic E-state index is 0.620. The van der Waals surface area contributed by atoms with Gasteiger partial charge >= 0.3 is 0 Å². The SMILES string of the molecule is CCCCCc1ccc(CCl)cc1. The topological polar surface area (TPSA) is 0 Å². The van der Waals surface area contributed by atoms with Crippen molar-refractivity contribution in [3.63, 3.8) is 0 Å². The predicted molar refractivity (Wildman–Crippen MR) is 59.2 cm³/mol. The molecule has 0 unspecified atom stereocenters. The first-order chi connectivity index (χ1) is 6.36. The summed E-state index contributed by atoms with van der Waals surface area (Å²) in [6.45, 7) is 2.23. The first-order valence-corrected chi connectivity index (χ1v) is 5.54. The molecule has 0 spiro atoms. The highest BCUT2D eigenvalue weighted by Crippen LogP contribution is 2.10. The molecule has 1 rings (SSSR count). The molecule has 72 valence electrons. The molecule has 0 amide bonds. The molecule has 1 heteroatoms. The van der Waals surface area contributed by atoms with E-state index in [1.807, 2.05) is 0 Å². The van der Waals surface area contributed by atoms with Gasteiger partial charge in [0.05, 0.1) is 0 Å². The summed E-state index contributed by atoms with van der Waals surface area (Å²) in [5, 5.41) is 0. The van der Waals surface area contributed by atoms with E-state index in [9.17, 15) is 0 Å². The van der Waals surface area contributed by atoms with E-state index < -0.39 is 0 Å². The van der Waals surface area contributed by atoms with E-state index in [-0.39, 0.29) is 0 Å². The van der Waals surface area contributed by atoms with Crippen LogP contribution < -0.4 is 0 Å². The minimum Gasteiger partial charge on any atom is -0.122 e. The molecule has 0 saturated heterocycles. The van der Waals surface area contributed by atoms with Crippen molar-refractivity contribution in [3.05, 3.63) is 35.4 Å². The predicted octanol–water partition coefficient (Wildman–Crippen LogP) is 4.16. The van der Waals surface area contributed by atoms with E-state index in [1.54, 1.807) is 0 Å². The van der Waals surface area contributed by atoms with Crippen molar-refractivity contribution in [3.8, 4) is 0 Å². The van der Waals surface area contributed by atoms with Crippen LogP contribution in [-0.2, 0) is 12.3 Å². The number of hydrogen-bond donors (Lipinski definition) is 0. The number of aryl methyl sites for hydroxylation is 1. The van der Waals surface area contributed by atoms with Gasteiger partial charge in [-0.25, -0.2) is 0 Å². The van der Waals surface area contributed by atoms with Gasteiger partial charge in [-0.3, -0.25) is 0 Å². The second-order valence-corrected chi connectivity index (χ2v) is 3.67. The van der Waals surface area contributed by atoms with Crippen molar-refractivity contribution < 1.29 is 0 Å². The third-order valence-electron chi connectivity index (χ3n) is 2.25. The molecule has 0 nitrogen and oxygen atoms in total. The Morgan fingerprint density at radius 2 is 1.62 bits per heavy atom. The van der Waals surface area contributed by atoms with Crippen molar-refractivity contribution in [2.45, 2.75) is 38.5 Å². The molecule has 0 atom stereocenters. The second kappa shape index (κ2) is 6.04. The van der Waals surface area contributed by atoms with Gasteiger partial charge in [-0.1, -0.05) is 44.0 Å². The van der Waals surface area contributed by atoms with Gasteiger partial charge < -0.3 is 0 Å². The third-order valence-corrected chi connectivity index (χ3v) is 2.55. The normalized spacial score (nSPS) is 10.3. The summed E-state index contributed by atoms with van der Waals surface area (Å²) in [6, 6.07) is 8.61. The summed E-state index contributed by atoms with van der Waals surface area (Å²) in [5.74, 6) is 0.620. The second-order valence-electron chi connectivity index (χ2n) is 3.41. The minimum absolute atomic E-state index is 0.620. The Hall–Kier alpha value is -0.490. The Labute approximate surface area is 85.9 Å². The number of unbranched alkanes of at least 4 members (excludes halogenated alkanes) is 2. The molecule has 0 radical (unpaired) electrons. The van der Waals surface area contributed by atoms with Gasteiger partial charge in [0.2, 0.25) is 0 Å². The van der Waals surface area contributed by atoms with E-state index >= 15 is 0 Å². The van der Waals surface area contributed by atoms with Crippen LogP contribution in [0, 0.1) is 0 Å². The highest BCUT2D eigenvalue weighted by molar-refractivity contribution is 6.17. The smallest absolute Gasteiger partial charge is 0.0474 e. The first kappa shape index (κ1) is 10.6. The Kier molecular flexibility index (Phi) is 4.92. The van der Waals surface area contributed by atoms with Crippen LogP contribution in [0.25, 0.3) is 0 Å². The lowest BCUT2D eigenvalue weighted by atomic mass is 10.1. The number of alkyl halides is 1. The quantitative estimate of drug-likeness (QED) is 0.490. The summed E-state index contributed by atoms with van der Waals surface area (Å²) >= 11 is 5.71. The molecule has 1 aromatic rings. The summed E-state index contributed by atoms with van der Waals surface area (Å²) in [6.07, 6.45) is 5.13. The van der Waals surface area contributed by atoms with Gasteiger partial charge in [-0.15, -0.1) is 11.6 Å². The molecular formula is C12H17Cl. The molecular weight excluding hydrogens is 180 g/mol. The van der Waals surface area contributed by atoms with E-state index in [0.29, 0.717) is 5.88 Å². The van der Waals surface area contributed by atoms with Gasteiger partial charge in [0.1, 0.15) is 0 Å². The zero-order chi connectivity index (χ0) is 9.52. The lowest BCUT2D eigenvalue weighted by molar-refractivity contribution is 0.717. The van der Waals surface area contributed by atoms with Crippen LogP contribution in [0.1, 0.15) is 37.3 Å².